The van der Waals surface area contributed by atoms with Crippen LogP contribution in [-0.2, 0) is 4.79 Å². The van der Waals surface area contributed by atoms with Crippen LogP contribution in [0.5, 0.6) is 0 Å². The van der Waals surface area contributed by atoms with Crippen LogP contribution in [0.15, 0.2) is 18.2 Å². The van der Waals surface area contributed by atoms with Crippen LogP contribution in [0.2, 0.25) is 5.02 Å². The highest BCUT2D eigenvalue weighted by molar-refractivity contribution is 6.32. The molecule has 2 amide bonds. The molecule has 2 N–H and O–H groups in total. The molecule has 1 aromatic carbocycles. The Balaban J connectivity index is 2.83. The van der Waals surface area contributed by atoms with Crippen molar-refractivity contribution in [2.45, 2.75) is 19.4 Å². The van der Waals surface area contributed by atoms with Crippen LogP contribution < -0.4 is 5.32 Å². The fraction of sp³-hybridized carbons (Fsp3) is 0.308. The predicted octanol–water partition coefficient (Wildman–Crippen LogP) is 2.54. The smallest absolute Gasteiger partial charge is 0.326 e. The third kappa shape index (κ3) is 3.62. The average Bonchev–Trinajstić information content (AvgIpc) is 2.39. The lowest BCUT2D eigenvalue weighted by atomic mass is 10.2. The van der Waals surface area contributed by atoms with Gasteiger partial charge in [0.05, 0.1) is 10.6 Å². The molecule has 1 atom stereocenters. The molecule has 0 saturated heterocycles. The Labute approximate surface area is 121 Å². The third-order valence-corrected chi connectivity index (χ3v) is 3.11. The van der Waals surface area contributed by atoms with Gasteiger partial charge in [0.1, 0.15) is 12.1 Å². The number of carbonyl (C=O) groups excluding carboxylic acids is 1. The molecule has 1 unspecified atom stereocenters. The van der Waals surface area contributed by atoms with Crippen molar-refractivity contribution >= 4 is 29.3 Å². The molecule has 0 fully saturated rings. The summed E-state index contributed by atoms with van der Waals surface area (Å²) in [7, 11) is 1.41. The van der Waals surface area contributed by atoms with E-state index >= 15 is 0 Å². The summed E-state index contributed by atoms with van der Waals surface area (Å²) in [6.07, 6.45) is 0.299. The van der Waals surface area contributed by atoms with Crippen molar-refractivity contribution in [2.75, 3.05) is 12.4 Å². The van der Waals surface area contributed by atoms with Gasteiger partial charge in [-0.25, -0.2) is 9.59 Å². The Kier molecular flexibility index (Phi) is 5.35. The topological polar surface area (TPSA) is 93.4 Å². The number of hydrogen-bond acceptors (Lipinski definition) is 3. The van der Waals surface area contributed by atoms with E-state index in [0.717, 1.165) is 4.90 Å². The van der Waals surface area contributed by atoms with E-state index in [1.54, 1.807) is 6.92 Å². The number of nitrogens with one attached hydrogen (secondary N) is 1. The molecule has 6 nitrogen and oxygen atoms in total. The van der Waals surface area contributed by atoms with Gasteiger partial charge < -0.3 is 15.3 Å². The number of rotatable bonds is 4. The van der Waals surface area contributed by atoms with Crippen LogP contribution in [-0.4, -0.2) is 35.1 Å². The molecule has 0 heterocycles. The second-order valence-corrected chi connectivity index (χ2v) is 4.52. The molecule has 0 aliphatic heterocycles. The number of benzene rings is 1. The molecule has 0 aliphatic rings. The number of carbonyl (C=O) groups is 2. The first kappa shape index (κ1) is 15.8. The maximum absolute atomic E-state index is 11.9. The highest BCUT2D eigenvalue weighted by Crippen LogP contribution is 2.20. The van der Waals surface area contributed by atoms with E-state index in [4.69, 9.17) is 22.0 Å². The van der Waals surface area contributed by atoms with Gasteiger partial charge in [-0.2, -0.15) is 5.26 Å². The maximum Gasteiger partial charge on any atom is 0.326 e. The number of carboxylic acids is 1. The molecule has 20 heavy (non-hydrogen) atoms. The minimum absolute atomic E-state index is 0.221. The summed E-state index contributed by atoms with van der Waals surface area (Å²) < 4.78 is 0. The summed E-state index contributed by atoms with van der Waals surface area (Å²) in [5.74, 6) is -1.07. The van der Waals surface area contributed by atoms with Crippen molar-refractivity contribution in [3.8, 4) is 6.07 Å². The number of aliphatic carboxylic acids is 1. The lowest BCUT2D eigenvalue weighted by molar-refractivity contribution is -0.141. The summed E-state index contributed by atoms with van der Waals surface area (Å²) >= 11 is 5.85. The van der Waals surface area contributed by atoms with E-state index in [1.807, 2.05) is 6.07 Å². The number of nitriles is 1. The minimum Gasteiger partial charge on any atom is -0.480 e. The molecule has 0 aliphatic carbocycles. The van der Waals surface area contributed by atoms with Crippen molar-refractivity contribution in [1.29, 1.82) is 5.26 Å². The zero-order chi connectivity index (χ0) is 15.3. The standard InChI is InChI=1S/C13H14ClN3O3/c1-3-11(12(18)19)17(2)13(20)16-9-5-4-8(7-15)10(14)6-9/h4-6,11H,3H2,1-2H3,(H,16,20)(H,18,19). The minimum atomic E-state index is -1.07. The second-order valence-electron chi connectivity index (χ2n) is 4.11. The first-order valence-corrected chi connectivity index (χ1v) is 6.24. The summed E-state index contributed by atoms with van der Waals surface area (Å²) in [5, 5.41) is 20.5. The molecule has 0 spiro atoms. The molecule has 0 aromatic heterocycles. The van der Waals surface area contributed by atoms with Gasteiger partial charge >= 0.3 is 12.0 Å². The highest BCUT2D eigenvalue weighted by atomic mass is 35.5. The molecule has 1 aromatic rings. The molecule has 0 bridgehead atoms. The number of likely N-dealkylation sites (N-methyl/N-ethyl adjacent to an activating group) is 1. The molecule has 0 radical (unpaired) electrons. The van der Waals surface area contributed by atoms with Crippen LogP contribution in [0.4, 0.5) is 10.5 Å². The number of urea groups is 1. The zero-order valence-corrected chi connectivity index (χ0v) is 11.8. The number of carboxylic acid groups (broad SMARTS) is 1. The normalized spacial score (nSPS) is 11.3. The number of nitrogens with zero attached hydrogens (tertiary/aromatic N) is 2. The predicted molar refractivity (Wildman–Crippen MR) is 74.7 cm³/mol. The molecule has 0 saturated carbocycles. The summed E-state index contributed by atoms with van der Waals surface area (Å²) in [6.45, 7) is 1.68. The van der Waals surface area contributed by atoms with Crippen LogP contribution in [0.1, 0.15) is 18.9 Å². The number of halogens is 1. The molecule has 1 rings (SSSR count). The van der Waals surface area contributed by atoms with Crippen LogP contribution in [0.25, 0.3) is 0 Å². The summed E-state index contributed by atoms with van der Waals surface area (Å²) in [4.78, 5) is 24.0. The van der Waals surface area contributed by atoms with Gasteiger partial charge in [-0.05, 0) is 24.6 Å². The quantitative estimate of drug-likeness (QED) is 0.892. The number of amides is 2. The largest absolute Gasteiger partial charge is 0.480 e. The van der Waals surface area contributed by atoms with Gasteiger partial charge in [0, 0.05) is 12.7 Å². The maximum atomic E-state index is 11.9. The van der Waals surface area contributed by atoms with E-state index in [-0.39, 0.29) is 5.02 Å². The fourth-order valence-corrected chi connectivity index (χ4v) is 1.87. The van der Waals surface area contributed by atoms with Crippen molar-refractivity contribution < 1.29 is 14.7 Å². The second kappa shape index (κ2) is 6.78. The van der Waals surface area contributed by atoms with E-state index in [2.05, 4.69) is 5.32 Å². The van der Waals surface area contributed by atoms with E-state index in [1.165, 1.54) is 25.2 Å². The first-order valence-electron chi connectivity index (χ1n) is 5.87. The molecular formula is C13H14ClN3O3. The molecular weight excluding hydrogens is 282 g/mol. The van der Waals surface area contributed by atoms with E-state index < -0.39 is 18.0 Å². The monoisotopic (exact) mass is 295 g/mol. The van der Waals surface area contributed by atoms with Gasteiger partial charge in [0.2, 0.25) is 0 Å². The Morgan fingerprint density at radius 3 is 2.65 bits per heavy atom. The van der Waals surface area contributed by atoms with Crippen molar-refractivity contribution in [3.05, 3.63) is 28.8 Å². The van der Waals surface area contributed by atoms with Crippen molar-refractivity contribution in [1.82, 2.24) is 4.90 Å². The summed E-state index contributed by atoms with van der Waals surface area (Å²) in [6, 6.07) is 4.90. The van der Waals surface area contributed by atoms with Gasteiger partial charge in [-0.15, -0.1) is 0 Å². The Bertz CT molecular complexity index is 568. The number of hydrogen-bond donors (Lipinski definition) is 2. The van der Waals surface area contributed by atoms with Gasteiger partial charge in [-0.1, -0.05) is 18.5 Å². The van der Waals surface area contributed by atoms with Gasteiger partial charge in [0.15, 0.2) is 0 Å². The van der Waals surface area contributed by atoms with Crippen LogP contribution in [0.3, 0.4) is 0 Å². The van der Waals surface area contributed by atoms with E-state index in [9.17, 15) is 9.59 Å². The average molecular weight is 296 g/mol. The Hall–Kier alpha value is -2.26. The SMILES string of the molecule is CCC(C(=O)O)N(C)C(=O)Nc1ccc(C#N)c(Cl)c1. The van der Waals surface area contributed by atoms with Crippen molar-refractivity contribution in [3.63, 3.8) is 0 Å². The van der Waals surface area contributed by atoms with Crippen LogP contribution in [0, 0.1) is 11.3 Å². The Morgan fingerprint density at radius 1 is 1.55 bits per heavy atom. The summed E-state index contributed by atoms with van der Waals surface area (Å²) in [5.41, 5.74) is 0.695. The van der Waals surface area contributed by atoms with Gasteiger partial charge in [-0.3, -0.25) is 0 Å². The molecule has 7 heteroatoms. The zero-order valence-electron chi connectivity index (χ0n) is 11.1. The first-order chi connectivity index (χ1) is 9.40. The highest BCUT2D eigenvalue weighted by Gasteiger charge is 2.24. The number of anilines is 1. The van der Waals surface area contributed by atoms with E-state index in [0.29, 0.717) is 17.7 Å². The lowest BCUT2D eigenvalue weighted by Crippen LogP contribution is -2.44. The van der Waals surface area contributed by atoms with Crippen LogP contribution >= 0.6 is 11.6 Å². The molecule has 106 valence electrons. The van der Waals surface area contributed by atoms with Crippen molar-refractivity contribution in [2.24, 2.45) is 0 Å². The third-order valence-electron chi connectivity index (χ3n) is 2.80. The fourth-order valence-electron chi connectivity index (χ4n) is 1.65. The lowest BCUT2D eigenvalue weighted by Gasteiger charge is -2.24. The van der Waals surface area contributed by atoms with Gasteiger partial charge in [0.25, 0.3) is 0 Å². The Morgan fingerprint density at radius 2 is 2.20 bits per heavy atom.